The quantitative estimate of drug-likeness (QED) is 0.824. The van der Waals surface area contributed by atoms with Crippen molar-refractivity contribution in [2.75, 3.05) is 18.0 Å². The number of anilines is 1. The van der Waals surface area contributed by atoms with Gasteiger partial charge in [0, 0.05) is 24.3 Å². The van der Waals surface area contributed by atoms with Crippen molar-refractivity contribution < 1.29 is 14.0 Å². The van der Waals surface area contributed by atoms with Crippen LogP contribution in [0.4, 0.5) is 10.1 Å². The monoisotopic (exact) mass is 250 g/mol. The maximum absolute atomic E-state index is 13.1. The van der Waals surface area contributed by atoms with E-state index in [0.29, 0.717) is 31.5 Å². The molecule has 5 heteroatoms. The number of nitrogens with one attached hydrogen (secondary N) is 1. The molecule has 1 aromatic rings. The molecule has 2 rings (SSSR count). The summed E-state index contributed by atoms with van der Waals surface area (Å²) in [7, 11) is 0. The molecule has 1 N–H and O–H groups in total. The SMILES string of the molecule is CCC1C(=O)NCCN1c1ccc(F)cc1C=O. The maximum Gasteiger partial charge on any atom is 0.242 e. The molecule has 0 bridgehead atoms. The molecule has 0 saturated carbocycles. The van der Waals surface area contributed by atoms with Crippen LogP contribution in [0.1, 0.15) is 23.7 Å². The zero-order valence-electron chi connectivity index (χ0n) is 10.1. The van der Waals surface area contributed by atoms with Crippen LogP contribution in [0.5, 0.6) is 0 Å². The first-order valence-electron chi connectivity index (χ1n) is 5.96. The summed E-state index contributed by atoms with van der Waals surface area (Å²) in [4.78, 5) is 24.6. The Labute approximate surface area is 105 Å². The fourth-order valence-corrected chi connectivity index (χ4v) is 2.29. The van der Waals surface area contributed by atoms with E-state index in [-0.39, 0.29) is 17.5 Å². The summed E-state index contributed by atoms with van der Waals surface area (Å²) < 4.78 is 13.1. The van der Waals surface area contributed by atoms with Gasteiger partial charge in [0.2, 0.25) is 5.91 Å². The van der Waals surface area contributed by atoms with Gasteiger partial charge in [-0.1, -0.05) is 6.92 Å². The van der Waals surface area contributed by atoms with E-state index in [1.54, 1.807) is 6.07 Å². The second-order valence-corrected chi connectivity index (χ2v) is 4.23. The highest BCUT2D eigenvalue weighted by molar-refractivity contribution is 5.90. The second-order valence-electron chi connectivity index (χ2n) is 4.23. The van der Waals surface area contributed by atoms with Crippen LogP contribution in [0.15, 0.2) is 18.2 Å². The Morgan fingerprint density at radius 1 is 1.56 bits per heavy atom. The standard InChI is InChI=1S/C13H15FN2O2/c1-2-11-13(18)15-5-6-16(11)12-4-3-10(14)7-9(12)8-17/h3-4,7-8,11H,2,5-6H2,1H3,(H,15,18). The zero-order valence-corrected chi connectivity index (χ0v) is 10.1. The van der Waals surface area contributed by atoms with Gasteiger partial charge in [-0.3, -0.25) is 9.59 Å². The van der Waals surface area contributed by atoms with E-state index >= 15 is 0 Å². The first kappa shape index (κ1) is 12.5. The number of benzene rings is 1. The lowest BCUT2D eigenvalue weighted by molar-refractivity contribution is -0.123. The Morgan fingerprint density at radius 2 is 2.33 bits per heavy atom. The molecule has 0 spiro atoms. The molecule has 1 heterocycles. The number of halogens is 1. The lowest BCUT2D eigenvalue weighted by Gasteiger charge is -2.36. The number of rotatable bonds is 3. The fourth-order valence-electron chi connectivity index (χ4n) is 2.29. The average molecular weight is 250 g/mol. The number of nitrogens with zero attached hydrogens (tertiary/aromatic N) is 1. The molecule has 0 aliphatic carbocycles. The molecular weight excluding hydrogens is 235 g/mol. The number of amides is 1. The molecule has 1 unspecified atom stereocenters. The van der Waals surface area contributed by atoms with E-state index in [0.717, 1.165) is 0 Å². The van der Waals surface area contributed by atoms with Crippen LogP contribution >= 0.6 is 0 Å². The van der Waals surface area contributed by atoms with Crippen molar-refractivity contribution in [3.05, 3.63) is 29.6 Å². The van der Waals surface area contributed by atoms with Gasteiger partial charge in [0.1, 0.15) is 11.9 Å². The van der Waals surface area contributed by atoms with Crippen LogP contribution in [0, 0.1) is 5.82 Å². The van der Waals surface area contributed by atoms with Gasteiger partial charge in [0.15, 0.2) is 6.29 Å². The molecule has 1 saturated heterocycles. The average Bonchev–Trinajstić information content (AvgIpc) is 2.38. The molecular formula is C13H15FN2O2. The van der Waals surface area contributed by atoms with Crippen LogP contribution in [-0.2, 0) is 4.79 Å². The number of hydrogen-bond acceptors (Lipinski definition) is 3. The molecule has 96 valence electrons. The number of piperazine rings is 1. The van der Waals surface area contributed by atoms with Crippen LogP contribution < -0.4 is 10.2 Å². The highest BCUT2D eigenvalue weighted by Gasteiger charge is 2.29. The molecule has 1 aliphatic heterocycles. The summed E-state index contributed by atoms with van der Waals surface area (Å²) in [5, 5.41) is 2.79. The van der Waals surface area contributed by atoms with E-state index < -0.39 is 5.82 Å². The minimum atomic E-state index is -0.449. The summed E-state index contributed by atoms with van der Waals surface area (Å²) in [6.07, 6.45) is 1.26. The van der Waals surface area contributed by atoms with Crippen molar-refractivity contribution in [2.45, 2.75) is 19.4 Å². The van der Waals surface area contributed by atoms with E-state index in [1.807, 2.05) is 11.8 Å². The molecule has 1 aliphatic rings. The third-order valence-corrected chi connectivity index (χ3v) is 3.14. The smallest absolute Gasteiger partial charge is 0.242 e. The van der Waals surface area contributed by atoms with Crippen molar-refractivity contribution in [3.8, 4) is 0 Å². The van der Waals surface area contributed by atoms with Crippen LogP contribution in [0.25, 0.3) is 0 Å². The predicted octanol–water partition coefficient (Wildman–Crippen LogP) is 1.35. The molecule has 1 atom stereocenters. The Morgan fingerprint density at radius 3 is 3.00 bits per heavy atom. The van der Waals surface area contributed by atoms with E-state index in [2.05, 4.69) is 5.32 Å². The van der Waals surface area contributed by atoms with Crippen molar-refractivity contribution in [2.24, 2.45) is 0 Å². The maximum atomic E-state index is 13.1. The Hall–Kier alpha value is -1.91. The third-order valence-electron chi connectivity index (χ3n) is 3.14. The van der Waals surface area contributed by atoms with Gasteiger partial charge in [0.25, 0.3) is 0 Å². The third kappa shape index (κ3) is 2.20. The molecule has 0 radical (unpaired) electrons. The van der Waals surface area contributed by atoms with Gasteiger partial charge in [-0.2, -0.15) is 0 Å². The lowest BCUT2D eigenvalue weighted by atomic mass is 10.1. The molecule has 1 amide bonds. The first-order chi connectivity index (χ1) is 8.67. The summed E-state index contributed by atoms with van der Waals surface area (Å²) in [5.41, 5.74) is 0.899. The fraction of sp³-hybridized carbons (Fsp3) is 0.385. The van der Waals surface area contributed by atoms with Crippen molar-refractivity contribution >= 4 is 17.9 Å². The summed E-state index contributed by atoms with van der Waals surface area (Å²) >= 11 is 0. The minimum Gasteiger partial charge on any atom is -0.357 e. The van der Waals surface area contributed by atoms with Crippen molar-refractivity contribution in [3.63, 3.8) is 0 Å². The van der Waals surface area contributed by atoms with Gasteiger partial charge < -0.3 is 10.2 Å². The van der Waals surface area contributed by atoms with Crippen LogP contribution in [0.2, 0.25) is 0 Å². The van der Waals surface area contributed by atoms with Crippen molar-refractivity contribution in [1.29, 1.82) is 0 Å². The van der Waals surface area contributed by atoms with Gasteiger partial charge >= 0.3 is 0 Å². The highest BCUT2D eigenvalue weighted by atomic mass is 19.1. The Balaban J connectivity index is 2.40. The number of carbonyl (C=O) groups is 2. The van der Waals surface area contributed by atoms with Gasteiger partial charge in [-0.15, -0.1) is 0 Å². The van der Waals surface area contributed by atoms with E-state index in [4.69, 9.17) is 0 Å². The number of carbonyl (C=O) groups excluding carboxylic acids is 2. The Bertz CT molecular complexity index is 476. The van der Waals surface area contributed by atoms with Gasteiger partial charge in [-0.25, -0.2) is 4.39 Å². The number of hydrogen-bond donors (Lipinski definition) is 1. The molecule has 18 heavy (non-hydrogen) atoms. The number of aldehydes is 1. The Kier molecular flexibility index (Phi) is 3.60. The van der Waals surface area contributed by atoms with Gasteiger partial charge in [0.05, 0.1) is 0 Å². The minimum absolute atomic E-state index is 0.0510. The molecule has 1 aromatic carbocycles. The van der Waals surface area contributed by atoms with E-state index in [1.165, 1.54) is 12.1 Å². The normalized spacial score (nSPS) is 19.6. The topological polar surface area (TPSA) is 49.4 Å². The largest absolute Gasteiger partial charge is 0.357 e. The lowest BCUT2D eigenvalue weighted by Crippen LogP contribution is -2.55. The van der Waals surface area contributed by atoms with Gasteiger partial charge in [-0.05, 0) is 24.6 Å². The first-order valence-corrected chi connectivity index (χ1v) is 5.96. The molecule has 4 nitrogen and oxygen atoms in total. The second kappa shape index (κ2) is 5.16. The molecule has 0 aromatic heterocycles. The summed E-state index contributed by atoms with van der Waals surface area (Å²) in [6.45, 7) is 3.06. The van der Waals surface area contributed by atoms with Crippen LogP contribution in [-0.4, -0.2) is 31.3 Å². The zero-order chi connectivity index (χ0) is 13.1. The van der Waals surface area contributed by atoms with E-state index in [9.17, 15) is 14.0 Å². The summed E-state index contributed by atoms with van der Waals surface area (Å²) in [6, 6.07) is 3.76. The van der Waals surface area contributed by atoms with Crippen molar-refractivity contribution in [1.82, 2.24) is 5.32 Å². The highest BCUT2D eigenvalue weighted by Crippen LogP contribution is 2.24. The molecule has 1 fully saturated rings. The summed E-state index contributed by atoms with van der Waals surface area (Å²) in [5.74, 6) is -0.500. The van der Waals surface area contributed by atoms with Crippen LogP contribution in [0.3, 0.4) is 0 Å². The predicted molar refractivity (Wildman–Crippen MR) is 66.2 cm³/mol.